The number of hydrogen-bond donors (Lipinski definition) is 1. The molecule has 0 amide bonds. The van der Waals surface area contributed by atoms with Gasteiger partial charge in [-0.25, -0.2) is 4.98 Å². The van der Waals surface area contributed by atoms with Gasteiger partial charge in [-0.2, -0.15) is 0 Å². The lowest BCUT2D eigenvalue weighted by atomic mass is 9.87. The molecule has 0 radical (unpaired) electrons. The second-order valence-electron chi connectivity index (χ2n) is 13.6. The molecule has 0 aliphatic carbocycles. The average Bonchev–Trinajstić information content (AvgIpc) is 3.40. The largest absolute Gasteiger partial charge is 0.497 e. The van der Waals surface area contributed by atoms with E-state index in [4.69, 9.17) is 28.7 Å². The van der Waals surface area contributed by atoms with Crippen LogP contribution in [-0.2, 0) is 10.2 Å². The van der Waals surface area contributed by atoms with Crippen LogP contribution in [0.3, 0.4) is 0 Å². The molecule has 0 unspecified atom stereocenters. The molecule has 2 aliphatic heterocycles. The first-order valence-corrected chi connectivity index (χ1v) is 16.9. The molecule has 1 saturated heterocycles. The fourth-order valence-electron chi connectivity index (χ4n) is 7.05. The summed E-state index contributed by atoms with van der Waals surface area (Å²) in [4.78, 5) is 25.1. The first kappa shape index (κ1) is 34.9. The zero-order valence-corrected chi connectivity index (χ0v) is 30.9. The van der Waals surface area contributed by atoms with E-state index < -0.39 is 0 Å². The Balaban J connectivity index is 0.000000214. The van der Waals surface area contributed by atoms with Crippen LogP contribution >= 0.6 is 0 Å². The van der Waals surface area contributed by atoms with Gasteiger partial charge in [0.05, 0.1) is 58.2 Å². The number of fused-ring (bicyclic) bond motifs is 3. The zero-order chi connectivity index (χ0) is 35.9. The quantitative estimate of drug-likeness (QED) is 0.198. The lowest BCUT2D eigenvalue weighted by Gasteiger charge is -2.30. The highest BCUT2D eigenvalue weighted by atomic mass is 16.5. The minimum Gasteiger partial charge on any atom is -0.497 e. The van der Waals surface area contributed by atoms with E-state index in [1.54, 1.807) is 47.5 Å². The van der Waals surface area contributed by atoms with Crippen molar-refractivity contribution in [1.29, 1.82) is 0 Å². The highest BCUT2D eigenvalue weighted by molar-refractivity contribution is 6.01. The number of ether oxygens (including phenoxy) is 5. The number of H-pyrrole nitrogens is 1. The van der Waals surface area contributed by atoms with Crippen LogP contribution in [0.25, 0.3) is 21.8 Å². The smallest absolute Gasteiger partial charge is 0.192 e. The number of nitrogens with one attached hydrogen (secondary N) is 1. The van der Waals surface area contributed by atoms with E-state index in [2.05, 4.69) is 66.7 Å². The van der Waals surface area contributed by atoms with E-state index in [-0.39, 0.29) is 10.8 Å². The van der Waals surface area contributed by atoms with E-state index in [1.165, 1.54) is 28.2 Å². The second-order valence-corrected chi connectivity index (χ2v) is 13.6. The van der Waals surface area contributed by atoms with Gasteiger partial charge in [-0.3, -0.25) is 4.79 Å². The molecule has 3 aromatic carbocycles. The van der Waals surface area contributed by atoms with E-state index in [0.29, 0.717) is 28.0 Å². The highest BCUT2D eigenvalue weighted by Gasteiger charge is 2.38. The third kappa shape index (κ3) is 6.17. The number of aromatic amines is 1. The summed E-state index contributed by atoms with van der Waals surface area (Å²) in [5, 5.41) is 1.64. The molecule has 5 aromatic rings. The van der Waals surface area contributed by atoms with Crippen molar-refractivity contribution >= 4 is 38.9 Å². The SMILES string of the molecule is COc1cc(OC)c2[nH]c(C)c(C)c(=O)c2c1.COc1cc(OC)c2nc(C)c(C)c(N3CC(C)(C)c4ccc(N5CCOCC5)cc43)c2c1. The van der Waals surface area contributed by atoms with Crippen molar-refractivity contribution in [2.45, 2.75) is 47.0 Å². The van der Waals surface area contributed by atoms with Gasteiger partial charge in [0.1, 0.15) is 28.5 Å². The molecule has 10 nitrogen and oxygen atoms in total. The third-order valence-electron chi connectivity index (χ3n) is 10.1. The number of aryl methyl sites for hydroxylation is 2. The Bertz CT molecular complexity index is 2130. The molecule has 1 fully saturated rings. The Morgan fingerprint density at radius 1 is 0.800 bits per heavy atom. The van der Waals surface area contributed by atoms with Crippen LogP contribution in [0.4, 0.5) is 17.1 Å². The van der Waals surface area contributed by atoms with Gasteiger partial charge in [-0.1, -0.05) is 19.9 Å². The summed E-state index contributed by atoms with van der Waals surface area (Å²) in [5.41, 5.74) is 10.4. The molecular weight excluding hydrogens is 632 g/mol. The number of pyridine rings is 2. The molecule has 0 bridgehead atoms. The zero-order valence-electron chi connectivity index (χ0n) is 30.9. The predicted octanol–water partition coefficient (Wildman–Crippen LogP) is 7.30. The van der Waals surface area contributed by atoms with Crippen LogP contribution in [0.1, 0.15) is 41.9 Å². The van der Waals surface area contributed by atoms with Crippen LogP contribution in [0.5, 0.6) is 23.0 Å². The van der Waals surface area contributed by atoms with Crippen molar-refractivity contribution in [2.24, 2.45) is 0 Å². The molecule has 0 spiro atoms. The van der Waals surface area contributed by atoms with E-state index >= 15 is 0 Å². The normalized spacial score (nSPS) is 15.1. The first-order chi connectivity index (χ1) is 23.9. The minimum atomic E-state index is 0.00782. The molecule has 264 valence electrons. The van der Waals surface area contributed by atoms with Gasteiger partial charge < -0.3 is 38.5 Å². The summed E-state index contributed by atoms with van der Waals surface area (Å²) in [5.74, 6) is 2.73. The van der Waals surface area contributed by atoms with Crippen molar-refractivity contribution in [3.8, 4) is 23.0 Å². The van der Waals surface area contributed by atoms with Crippen molar-refractivity contribution in [2.75, 3.05) is 71.1 Å². The predicted molar refractivity (Wildman–Crippen MR) is 201 cm³/mol. The number of nitrogens with zero attached hydrogens (tertiary/aromatic N) is 3. The summed E-state index contributed by atoms with van der Waals surface area (Å²) >= 11 is 0. The maximum atomic E-state index is 12.2. The van der Waals surface area contributed by atoms with Crippen LogP contribution in [0, 0.1) is 27.7 Å². The number of benzene rings is 3. The van der Waals surface area contributed by atoms with Crippen molar-refractivity contribution < 1.29 is 23.7 Å². The lowest BCUT2D eigenvalue weighted by Crippen LogP contribution is -2.36. The van der Waals surface area contributed by atoms with E-state index in [9.17, 15) is 4.79 Å². The molecule has 0 atom stereocenters. The average molecular weight is 681 g/mol. The van der Waals surface area contributed by atoms with Crippen molar-refractivity contribution in [3.05, 3.63) is 80.8 Å². The Labute approximate surface area is 293 Å². The fraction of sp³-hybridized carbons (Fsp3) is 0.400. The topological polar surface area (TPSA) is 98.4 Å². The van der Waals surface area contributed by atoms with Gasteiger partial charge in [-0.15, -0.1) is 0 Å². The maximum Gasteiger partial charge on any atom is 0.192 e. The minimum absolute atomic E-state index is 0.00782. The van der Waals surface area contributed by atoms with Crippen LogP contribution in [0.2, 0.25) is 0 Å². The molecule has 10 heteroatoms. The van der Waals surface area contributed by atoms with Gasteiger partial charge in [0.25, 0.3) is 0 Å². The molecule has 7 rings (SSSR count). The number of rotatable bonds is 6. The standard InChI is InChI=1S/C27H33N3O3.C13H15NO3/c1-17-18(2)28-25-21(14-20(31-5)15-24(25)32-6)26(17)30-16-27(3,4)22-8-7-19(13-23(22)30)29-9-11-33-12-10-29;1-7-8(2)14-12-10(13(7)15)5-9(16-3)6-11(12)17-4/h7-8,13-15H,9-12,16H2,1-6H3;5-6H,1-4H3,(H,14,15). The monoisotopic (exact) mass is 680 g/mol. The summed E-state index contributed by atoms with van der Waals surface area (Å²) in [6.45, 7) is 16.9. The Kier molecular flexibility index (Phi) is 9.59. The molecule has 2 aliphatic rings. The number of aromatic nitrogens is 2. The lowest BCUT2D eigenvalue weighted by molar-refractivity contribution is 0.122. The second kappa shape index (κ2) is 13.7. The highest BCUT2D eigenvalue weighted by Crippen LogP contribution is 2.49. The molecule has 4 heterocycles. The molecule has 1 N–H and O–H groups in total. The van der Waals surface area contributed by atoms with Crippen LogP contribution in [0.15, 0.2) is 47.3 Å². The molecular formula is C40H48N4O6. The number of anilines is 3. The maximum absolute atomic E-state index is 12.2. The molecule has 2 aromatic heterocycles. The summed E-state index contributed by atoms with van der Waals surface area (Å²) in [6, 6.07) is 14.4. The van der Waals surface area contributed by atoms with Gasteiger partial charge >= 0.3 is 0 Å². The van der Waals surface area contributed by atoms with Gasteiger partial charge in [-0.05, 0) is 63.1 Å². The first-order valence-electron chi connectivity index (χ1n) is 16.9. The summed E-state index contributed by atoms with van der Waals surface area (Å²) in [7, 11) is 6.52. The molecule has 0 saturated carbocycles. The fourth-order valence-corrected chi connectivity index (χ4v) is 7.05. The van der Waals surface area contributed by atoms with E-state index in [0.717, 1.165) is 66.6 Å². The number of methoxy groups -OCH3 is 4. The number of morpholine rings is 1. The van der Waals surface area contributed by atoms with Crippen LogP contribution in [-0.4, -0.2) is 71.3 Å². The molecule has 50 heavy (non-hydrogen) atoms. The van der Waals surface area contributed by atoms with Crippen molar-refractivity contribution in [1.82, 2.24) is 9.97 Å². The number of hydrogen-bond acceptors (Lipinski definition) is 9. The van der Waals surface area contributed by atoms with Gasteiger partial charge in [0.2, 0.25) is 0 Å². The van der Waals surface area contributed by atoms with E-state index in [1.807, 2.05) is 13.0 Å². The Morgan fingerprint density at radius 2 is 1.44 bits per heavy atom. The Morgan fingerprint density at radius 3 is 2.08 bits per heavy atom. The van der Waals surface area contributed by atoms with Crippen LogP contribution < -0.4 is 34.2 Å². The summed E-state index contributed by atoms with van der Waals surface area (Å²) < 4.78 is 27.3. The summed E-state index contributed by atoms with van der Waals surface area (Å²) in [6.07, 6.45) is 0. The third-order valence-corrected chi connectivity index (χ3v) is 10.1. The van der Waals surface area contributed by atoms with Gasteiger partial charge in [0.15, 0.2) is 5.43 Å². The van der Waals surface area contributed by atoms with Crippen molar-refractivity contribution in [3.63, 3.8) is 0 Å². The Hall–Kier alpha value is -4.96. The van der Waals surface area contributed by atoms with Gasteiger partial charge in [0, 0.05) is 70.9 Å².